The molecule has 4 aromatic rings. The SMILES string of the molecule is Cc1ccc(-c2csc(NC(=O)c3ccc(CSc4ncn[nH]4)cc3)n2)c(C)c1. The maximum Gasteiger partial charge on any atom is 0.257 e. The van der Waals surface area contributed by atoms with Crippen LogP contribution in [0.2, 0.25) is 0 Å². The average molecular weight is 422 g/mol. The molecule has 0 spiro atoms. The van der Waals surface area contributed by atoms with Crippen molar-refractivity contribution in [3.8, 4) is 11.3 Å². The van der Waals surface area contributed by atoms with Gasteiger partial charge >= 0.3 is 0 Å². The summed E-state index contributed by atoms with van der Waals surface area (Å²) < 4.78 is 0. The number of H-pyrrole nitrogens is 1. The molecule has 0 aliphatic carbocycles. The van der Waals surface area contributed by atoms with Crippen molar-refractivity contribution in [3.63, 3.8) is 0 Å². The fourth-order valence-corrected chi connectivity index (χ4v) is 4.33. The van der Waals surface area contributed by atoms with Gasteiger partial charge in [0, 0.05) is 22.3 Å². The number of aromatic amines is 1. The summed E-state index contributed by atoms with van der Waals surface area (Å²) in [5.74, 6) is 0.587. The Labute approximate surface area is 176 Å². The number of nitrogens with zero attached hydrogens (tertiary/aromatic N) is 3. The van der Waals surface area contributed by atoms with Crippen LogP contribution in [0.1, 0.15) is 27.0 Å². The fraction of sp³-hybridized carbons (Fsp3) is 0.143. The second-order valence-corrected chi connectivity index (χ2v) is 8.41. The highest BCUT2D eigenvalue weighted by Gasteiger charge is 2.11. The molecule has 0 saturated heterocycles. The Morgan fingerprint density at radius 2 is 2.00 bits per heavy atom. The molecule has 0 fully saturated rings. The summed E-state index contributed by atoms with van der Waals surface area (Å²) in [5, 5.41) is 12.9. The fourth-order valence-electron chi connectivity index (χ4n) is 2.89. The Bertz CT molecular complexity index is 1120. The molecular weight excluding hydrogens is 402 g/mol. The van der Waals surface area contributed by atoms with E-state index < -0.39 is 0 Å². The van der Waals surface area contributed by atoms with Gasteiger partial charge in [0.1, 0.15) is 6.33 Å². The van der Waals surface area contributed by atoms with E-state index in [1.165, 1.54) is 28.8 Å². The first kappa shape index (κ1) is 19.4. The van der Waals surface area contributed by atoms with Gasteiger partial charge in [0.05, 0.1) is 5.69 Å². The molecule has 2 aromatic heterocycles. The first-order valence-electron chi connectivity index (χ1n) is 9.00. The summed E-state index contributed by atoms with van der Waals surface area (Å²) in [6.45, 7) is 4.14. The van der Waals surface area contributed by atoms with Crippen molar-refractivity contribution < 1.29 is 4.79 Å². The lowest BCUT2D eigenvalue weighted by Gasteiger charge is -2.05. The molecule has 1 amide bonds. The molecule has 2 N–H and O–H groups in total. The summed E-state index contributed by atoms with van der Waals surface area (Å²) >= 11 is 2.99. The van der Waals surface area contributed by atoms with Crippen LogP contribution in [0, 0.1) is 13.8 Å². The number of benzene rings is 2. The third-order valence-electron chi connectivity index (χ3n) is 4.37. The van der Waals surface area contributed by atoms with Crippen LogP contribution in [0.3, 0.4) is 0 Å². The molecule has 0 unspecified atom stereocenters. The molecule has 0 aliphatic heterocycles. The Morgan fingerprint density at radius 3 is 2.72 bits per heavy atom. The van der Waals surface area contributed by atoms with Gasteiger partial charge in [0.15, 0.2) is 10.3 Å². The van der Waals surface area contributed by atoms with Gasteiger partial charge in [-0.25, -0.2) is 9.97 Å². The summed E-state index contributed by atoms with van der Waals surface area (Å²) in [7, 11) is 0. The number of hydrogen-bond acceptors (Lipinski definition) is 6. The van der Waals surface area contributed by atoms with E-state index in [0.29, 0.717) is 10.7 Å². The first-order chi connectivity index (χ1) is 14.1. The molecule has 2 heterocycles. The maximum atomic E-state index is 12.6. The average Bonchev–Trinajstić information content (AvgIpc) is 3.39. The second-order valence-electron chi connectivity index (χ2n) is 6.59. The number of carbonyl (C=O) groups excluding carboxylic acids is 1. The highest BCUT2D eigenvalue weighted by molar-refractivity contribution is 7.98. The lowest BCUT2D eigenvalue weighted by Crippen LogP contribution is -2.11. The van der Waals surface area contributed by atoms with E-state index in [9.17, 15) is 4.79 Å². The molecule has 0 bridgehead atoms. The van der Waals surface area contributed by atoms with Crippen LogP contribution >= 0.6 is 23.1 Å². The molecule has 0 atom stereocenters. The van der Waals surface area contributed by atoms with E-state index in [-0.39, 0.29) is 5.91 Å². The van der Waals surface area contributed by atoms with Crippen molar-refractivity contribution in [2.75, 3.05) is 5.32 Å². The minimum atomic E-state index is -0.166. The number of nitrogens with one attached hydrogen (secondary N) is 2. The van der Waals surface area contributed by atoms with Gasteiger partial charge in [0.2, 0.25) is 0 Å². The lowest BCUT2D eigenvalue weighted by molar-refractivity contribution is 0.102. The summed E-state index contributed by atoms with van der Waals surface area (Å²) in [4.78, 5) is 21.2. The first-order valence-corrected chi connectivity index (χ1v) is 10.9. The van der Waals surface area contributed by atoms with E-state index in [2.05, 4.69) is 57.5 Å². The number of thiazole rings is 1. The third-order valence-corrected chi connectivity index (χ3v) is 6.07. The topological polar surface area (TPSA) is 83.6 Å². The molecule has 6 nitrogen and oxygen atoms in total. The van der Waals surface area contributed by atoms with Crippen molar-refractivity contribution in [2.45, 2.75) is 24.8 Å². The van der Waals surface area contributed by atoms with E-state index in [1.807, 2.05) is 29.6 Å². The predicted molar refractivity (Wildman–Crippen MR) is 117 cm³/mol. The molecule has 146 valence electrons. The number of amides is 1. The second kappa shape index (κ2) is 8.59. The zero-order chi connectivity index (χ0) is 20.2. The number of anilines is 1. The largest absolute Gasteiger partial charge is 0.298 e. The Kier molecular flexibility index (Phi) is 5.73. The van der Waals surface area contributed by atoms with E-state index in [1.54, 1.807) is 11.8 Å². The van der Waals surface area contributed by atoms with E-state index >= 15 is 0 Å². The summed E-state index contributed by atoms with van der Waals surface area (Å²) in [5.41, 5.74) is 6.06. The van der Waals surface area contributed by atoms with Gasteiger partial charge in [0.25, 0.3) is 5.91 Å². The van der Waals surface area contributed by atoms with Gasteiger partial charge in [-0.3, -0.25) is 15.2 Å². The monoisotopic (exact) mass is 421 g/mol. The lowest BCUT2D eigenvalue weighted by atomic mass is 10.0. The summed E-state index contributed by atoms with van der Waals surface area (Å²) in [6, 6.07) is 13.8. The molecule has 0 radical (unpaired) electrons. The zero-order valence-corrected chi connectivity index (χ0v) is 17.6. The Hall–Kier alpha value is -2.97. The number of aromatic nitrogens is 4. The van der Waals surface area contributed by atoms with Crippen LogP contribution in [-0.2, 0) is 5.75 Å². The van der Waals surface area contributed by atoms with E-state index in [0.717, 1.165) is 27.7 Å². The molecule has 2 aromatic carbocycles. The Morgan fingerprint density at radius 1 is 1.17 bits per heavy atom. The van der Waals surface area contributed by atoms with Crippen LogP contribution in [0.4, 0.5) is 5.13 Å². The van der Waals surface area contributed by atoms with Gasteiger partial charge in [-0.05, 0) is 37.1 Å². The number of hydrogen-bond donors (Lipinski definition) is 2. The van der Waals surface area contributed by atoms with Gasteiger partial charge in [-0.15, -0.1) is 11.3 Å². The quantitative estimate of drug-likeness (QED) is 0.424. The number of carbonyl (C=O) groups is 1. The minimum Gasteiger partial charge on any atom is -0.298 e. The van der Waals surface area contributed by atoms with Gasteiger partial charge < -0.3 is 0 Å². The molecule has 8 heteroatoms. The number of rotatable bonds is 6. The third kappa shape index (κ3) is 4.72. The number of thioether (sulfide) groups is 1. The molecule has 0 aliphatic rings. The van der Waals surface area contributed by atoms with Crippen LogP contribution in [0.5, 0.6) is 0 Å². The smallest absolute Gasteiger partial charge is 0.257 e. The van der Waals surface area contributed by atoms with Crippen molar-refractivity contribution in [2.24, 2.45) is 0 Å². The predicted octanol–water partition coefficient (Wildman–Crippen LogP) is 5.09. The van der Waals surface area contributed by atoms with Crippen molar-refractivity contribution in [1.29, 1.82) is 0 Å². The van der Waals surface area contributed by atoms with E-state index in [4.69, 9.17) is 0 Å². The van der Waals surface area contributed by atoms with Crippen LogP contribution < -0.4 is 5.32 Å². The van der Waals surface area contributed by atoms with Crippen molar-refractivity contribution >= 4 is 34.1 Å². The normalized spacial score (nSPS) is 10.8. The highest BCUT2D eigenvalue weighted by Crippen LogP contribution is 2.28. The van der Waals surface area contributed by atoms with Crippen LogP contribution in [-0.4, -0.2) is 26.1 Å². The molecular formula is C21H19N5OS2. The molecule has 29 heavy (non-hydrogen) atoms. The van der Waals surface area contributed by atoms with Crippen molar-refractivity contribution in [3.05, 3.63) is 76.4 Å². The zero-order valence-electron chi connectivity index (χ0n) is 16.0. The Balaban J connectivity index is 1.39. The number of aryl methyl sites for hydroxylation is 2. The van der Waals surface area contributed by atoms with Crippen LogP contribution in [0.25, 0.3) is 11.3 Å². The molecule has 0 saturated carbocycles. The van der Waals surface area contributed by atoms with Crippen molar-refractivity contribution in [1.82, 2.24) is 20.2 Å². The van der Waals surface area contributed by atoms with Gasteiger partial charge in [-0.2, -0.15) is 5.10 Å². The van der Waals surface area contributed by atoms with Gasteiger partial charge in [-0.1, -0.05) is 47.7 Å². The van der Waals surface area contributed by atoms with Crippen LogP contribution in [0.15, 0.2) is 59.3 Å². The maximum absolute atomic E-state index is 12.6. The standard InChI is InChI=1S/C21H19N5OS2/c1-13-3-8-17(14(2)9-13)18-11-29-21(24-18)25-19(27)16-6-4-15(5-7-16)10-28-20-22-12-23-26-20/h3-9,11-12H,10H2,1-2H3,(H,22,23,26)(H,24,25,27). The minimum absolute atomic E-state index is 0.166. The molecule has 4 rings (SSSR count). The highest BCUT2D eigenvalue weighted by atomic mass is 32.2. The summed E-state index contributed by atoms with van der Waals surface area (Å²) in [6.07, 6.45) is 1.49.